The summed E-state index contributed by atoms with van der Waals surface area (Å²) in [5, 5.41) is 0.166. The van der Waals surface area contributed by atoms with E-state index in [0.29, 0.717) is 6.61 Å². The summed E-state index contributed by atoms with van der Waals surface area (Å²) in [4.78, 5) is 12.1. The van der Waals surface area contributed by atoms with E-state index < -0.39 is 13.7 Å². The number of carbonyl (C=O) groups excluding carboxylic acids is 1. The van der Waals surface area contributed by atoms with Crippen molar-refractivity contribution < 1.29 is 18.7 Å². The van der Waals surface area contributed by atoms with Gasteiger partial charge in [-0.2, -0.15) is 0 Å². The Bertz CT molecular complexity index is 485. The van der Waals surface area contributed by atoms with Crippen molar-refractivity contribution in [2.75, 3.05) is 6.61 Å². The van der Waals surface area contributed by atoms with Crippen molar-refractivity contribution in [3.8, 4) is 0 Å². The van der Waals surface area contributed by atoms with Gasteiger partial charge in [0, 0.05) is 0 Å². The van der Waals surface area contributed by atoms with Crippen LogP contribution in [0.3, 0.4) is 0 Å². The third-order valence-corrected chi connectivity index (χ3v) is 9.89. The van der Waals surface area contributed by atoms with Gasteiger partial charge in [0.05, 0.1) is 23.7 Å². The molecular formula is C21H40O4Si. The van der Waals surface area contributed by atoms with Crippen molar-refractivity contribution in [3.05, 3.63) is 12.2 Å². The standard InChI is InChI=1S/C21H40O4Si/c1-10-17-18(25-26(8,9)21(5,6)7)14-12-11-13-16(24-17)15-23-19(22)20(2,3)4/h11-12,16-18H,10,13-15H2,1-9H3/b12-11-/t16-,17-,18-/m1/s1. The van der Waals surface area contributed by atoms with Gasteiger partial charge in [0.15, 0.2) is 8.32 Å². The first-order valence-corrected chi connectivity index (χ1v) is 12.8. The molecule has 0 fully saturated rings. The zero-order valence-electron chi connectivity index (χ0n) is 18.3. The molecule has 0 aromatic carbocycles. The smallest absolute Gasteiger partial charge is 0.311 e. The van der Waals surface area contributed by atoms with E-state index in [1.807, 2.05) is 20.8 Å². The molecule has 5 heteroatoms. The average Bonchev–Trinajstić information content (AvgIpc) is 2.47. The summed E-state index contributed by atoms with van der Waals surface area (Å²) in [6.07, 6.45) is 6.81. The average molecular weight is 385 g/mol. The molecule has 1 aliphatic heterocycles. The molecule has 0 aromatic heterocycles. The van der Waals surface area contributed by atoms with Crippen molar-refractivity contribution in [1.82, 2.24) is 0 Å². The lowest BCUT2D eigenvalue weighted by atomic mass is 9.97. The second-order valence-electron chi connectivity index (χ2n) is 9.91. The van der Waals surface area contributed by atoms with Crippen LogP contribution in [0.25, 0.3) is 0 Å². The Hall–Kier alpha value is -0.653. The molecule has 0 radical (unpaired) electrons. The first-order chi connectivity index (χ1) is 11.8. The van der Waals surface area contributed by atoms with Crippen molar-refractivity contribution in [2.24, 2.45) is 5.41 Å². The normalized spacial score (nSPS) is 26.7. The van der Waals surface area contributed by atoms with Crippen LogP contribution in [0.1, 0.15) is 67.7 Å². The minimum atomic E-state index is -1.87. The molecule has 0 saturated heterocycles. The minimum Gasteiger partial charge on any atom is -0.463 e. The maximum absolute atomic E-state index is 12.1. The Morgan fingerprint density at radius 2 is 1.69 bits per heavy atom. The van der Waals surface area contributed by atoms with Crippen molar-refractivity contribution in [3.63, 3.8) is 0 Å². The van der Waals surface area contributed by atoms with E-state index in [-0.39, 0.29) is 29.3 Å². The lowest BCUT2D eigenvalue weighted by molar-refractivity contribution is -0.160. The fourth-order valence-corrected chi connectivity index (χ4v) is 3.91. The summed E-state index contributed by atoms with van der Waals surface area (Å²) >= 11 is 0. The summed E-state index contributed by atoms with van der Waals surface area (Å²) < 4.78 is 18.5. The number of esters is 1. The molecule has 0 bridgehead atoms. The highest BCUT2D eigenvalue weighted by Gasteiger charge is 2.41. The van der Waals surface area contributed by atoms with Gasteiger partial charge in [-0.05, 0) is 58.2 Å². The van der Waals surface area contributed by atoms with Gasteiger partial charge >= 0.3 is 5.97 Å². The third-order valence-electron chi connectivity index (χ3n) is 5.38. The Kier molecular flexibility index (Phi) is 8.12. The largest absolute Gasteiger partial charge is 0.463 e. The highest BCUT2D eigenvalue weighted by atomic mass is 28.4. The molecule has 3 atom stereocenters. The fraction of sp³-hybridized carbons (Fsp3) is 0.857. The predicted octanol–water partition coefficient (Wildman–Crippen LogP) is 5.48. The quantitative estimate of drug-likeness (QED) is 0.358. The number of hydrogen-bond donors (Lipinski definition) is 0. The highest BCUT2D eigenvalue weighted by molar-refractivity contribution is 6.74. The maximum atomic E-state index is 12.1. The second-order valence-corrected chi connectivity index (χ2v) is 14.7. The number of carbonyl (C=O) groups is 1. The molecule has 1 heterocycles. The van der Waals surface area contributed by atoms with Gasteiger partial charge in [0.1, 0.15) is 6.61 Å². The molecule has 1 aliphatic rings. The van der Waals surface area contributed by atoms with Gasteiger partial charge in [-0.15, -0.1) is 0 Å². The third kappa shape index (κ3) is 6.82. The summed E-state index contributed by atoms with van der Waals surface area (Å²) in [7, 11) is -1.87. The number of ether oxygens (including phenoxy) is 2. The van der Waals surface area contributed by atoms with E-state index in [2.05, 4.69) is 52.9 Å². The number of hydrogen-bond acceptors (Lipinski definition) is 4. The van der Waals surface area contributed by atoms with Crippen LogP contribution in [-0.2, 0) is 18.7 Å². The van der Waals surface area contributed by atoms with Crippen molar-refractivity contribution in [1.29, 1.82) is 0 Å². The minimum absolute atomic E-state index is 0.0208. The molecule has 4 nitrogen and oxygen atoms in total. The first-order valence-electron chi connectivity index (χ1n) is 9.93. The monoisotopic (exact) mass is 384 g/mol. The molecule has 1 rings (SSSR count). The Balaban J connectivity index is 2.80. The molecule has 0 amide bonds. The van der Waals surface area contributed by atoms with Crippen LogP contribution >= 0.6 is 0 Å². The van der Waals surface area contributed by atoms with Crippen molar-refractivity contribution >= 4 is 14.3 Å². The molecule has 0 spiro atoms. The summed E-state index contributed by atoms with van der Waals surface area (Å²) in [6, 6.07) is 0. The number of rotatable bonds is 5. The van der Waals surface area contributed by atoms with Crippen LogP contribution in [0.4, 0.5) is 0 Å². The van der Waals surface area contributed by atoms with Gasteiger partial charge in [-0.3, -0.25) is 4.79 Å². The van der Waals surface area contributed by atoms with Crippen LogP contribution in [0.15, 0.2) is 12.2 Å². The lowest BCUT2D eigenvalue weighted by Crippen LogP contribution is -2.48. The predicted molar refractivity (Wildman–Crippen MR) is 110 cm³/mol. The van der Waals surface area contributed by atoms with E-state index in [1.165, 1.54) is 0 Å². The fourth-order valence-electron chi connectivity index (χ4n) is 2.55. The summed E-state index contributed by atoms with van der Waals surface area (Å²) in [6.45, 7) is 19.4. The first kappa shape index (κ1) is 23.4. The maximum Gasteiger partial charge on any atom is 0.311 e. The Labute approximate surface area is 161 Å². The van der Waals surface area contributed by atoms with Gasteiger partial charge in [-0.25, -0.2) is 0 Å². The van der Waals surface area contributed by atoms with Gasteiger partial charge in [0.25, 0.3) is 0 Å². The van der Waals surface area contributed by atoms with Crippen LogP contribution in [-0.4, -0.2) is 39.2 Å². The van der Waals surface area contributed by atoms with Crippen LogP contribution in [0.2, 0.25) is 18.1 Å². The molecule has 0 aliphatic carbocycles. The van der Waals surface area contributed by atoms with E-state index in [0.717, 1.165) is 19.3 Å². The Morgan fingerprint density at radius 1 is 1.12 bits per heavy atom. The topological polar surface area (TPSA) is 44.8 Å². The lowest BCUT2D eigenvalue weighted by Gasteiger charge is -2.42. The summed E-state index contributed by atoms with van der Waals surface area (Å²) in [5.41, 5.74) is -0.490. The molecule has 26 heavy (non-hydrogen) atoms. The van der Waals surface area contributed by atoms with Crippen LogP contribution in [0, 0.1) is 5.41 Å². The van der Waals surface area contributed by atoms with Gasteiger partial charge in [0.2, 0.25) is 0 Å². The van der Waals surface area contributed by atoms with Gasteiger partial charge < -0.3 is 13.9 Å². The van der Waals surface area contributed by atoms with Crippen LogP contribution in [0.5, 0.6) is 0 Å². The molecule has 0 N–H and O–H groups in total. The molecule has 0 saturated carbocycles. The van der Waals surface area contributed by atoms with E-state index in [9.17, 15) is 4.79 Å². The van der Waals surface area contributed by atoms with Gasteiger partial charge in [-0.1, -0.05) is 39.8 Å². The molecule has 0 unspecified atom stereocenters. The second kappa shape index (κ2) is 9.02. The van der Waals surface area contributed by atoms with E-state index in [1.54, 1.807) is 0 Å². The van der Waals surface area contributed by atoms with Crippen LogP contribution < -0.4 is 0 Å². The molecular weight excluding hydrogens is 344 g/mol. The zero-order chi connectivity index (χ0) is 20.2. The molecule has 152 valence electrons. The Morgan fingerprint density at radius 3 is 2.19 bits per heavy atom. The van der Waals surface area contributed by atoms with E-state index >= 15 is 0 Å². The zero-order valence-corrected chi connectivity index (χ0v) is 19.3. The molecule has 0 aromatic rings. The SMILES string of the molecule is CC[C@H]1O[C@@H](COC(=O)C(C)(C)C)C/C=C\C[C@H]1O[Si](C)(C)C(C)(C)C. The summed E-state index contributed by atoms with van der Waals surface area (Å²) in [5.74, 6) is -0.186. The highest BCUT2D eigenvalue weighted by Crippen LogP contribution is 2.38. The van der Waals surface area contributed by atoms with Crippen molar-refractivity contribution in [2.45, 2.75) is 104 Å². The van der Waals surface area contributed by atoms with E-state index in [4.69, 9.17) is 13.9 Å².